The second kappa shape index (κ2) is 9.89. The highest BCUT2D eigenvalue weighted by Crippen LogP contribution is 2.46. The molecule has 4 N–H and O–H groups in total. The van der Waals surface area contributed by atoms with E-state index in [1.54, 1.807) is 13.0 Å². The van der Waals surface area contributed by atoms with Crippen LogP contribution < -0.4 is 4.74 Å². The molecule has 4 atom stereocenters. The summed E-state index contributed by atoms with van der Waals surface area (Å²) in [6, 6.07) is 0. The normalized spacial score (nSPS) is 28.6. The number of aromatic hydroxyl groups is 1. The van der Waals surface area contributed by atoms with Crippen molar-refractivity contribution in [2.45, 2.75) is 44.2 Å². The molecule has 1 aliphatic rings. The van der Waals surface area contributed by atoms with Crippen LogP contribution in [0, 0.1) is 0 Å². The number of rotatable bonds is 1. The number of aliphatic hydroxyl groups is 3. The van der Waals surface area contributed by atoms with Crippen LogP contribution in [0.3, 0.4) is 0 Å². The van der Waals surface area contributed by atoms with Crippen LogP contribution in [0.25, 0.3) is 6.08 Å². The summed E-state index contributed by atoms with van der Waals surface area (Å²) >= 11 is 6.59. The van der Waals surface area contributed by atoms with Crippen LogP contribution in [0.15, 0.2) is 27.2 Å². The van der Waals surface area contributed by atoms with Gasteiger partial charge in [-0.05, 0) is 45.2 Å². The number of aliphatic hydroxyl groups excluding tert-OH is 3. The predicted octanol–water partition coefficient (Wildman–Crippen LogP) is 2.92. The molecular weight excluding hydrogens is 500 g/mol. The number of phenols is 1. The lowest BCUT2D eigenvalue weighted by Gasteiger charge is -2.21. The summed E-state index contributed by atoms with van der Waals surface area (Å²) in [4.78, 5) is 12.7. The van der Waals surface area contributed by atoms with Gasteiger partial charge in [0.05, 0.1) is 17.7 Å². The van der Waals surface area contributed by atoms with Gasteiger partial charge in [-0.25, -0.2) is 4.79 Å². The minimum absolute atomic E-state index is 0.00252. The van der Waals surface area contributed by atoms with E-state index in [0.29, 0.717) is 10.0 Å². The summed E-state index contributed by atoms with van der Waals surface area (Å²) < 4.78 is 11.3. The van der Waals surface area contributed by atoms with E-state index in [4.69, 9.17) is 9.47 Å². The highest BCUT2D eigenvalue weighted by atomic mass is 79.9. The molecule has 0 aromatic heterocycles. The molecule has 1 heterocycles. The monoisotopic (exact) mass is 520 g/mol. The predicted molar refractivity (Wildman–Crippen MR) is 110 cm³/mol. The first-order chi connectivity index (χ1) is 13.2. The fourth-order valence-electron chi connectivity index (χ4n) is 2.72. The third-order valence-corrected chi connectivity index (χ3v) is 5.80. The molecule has 7 nitrogen and oxygen atoms in total. The van der Waals surface area contributed by atoms with E-state index in [1.807, 2.05) is 0 Å². The number of cyclic esters (lactones) is 1. The summed E-state index contributed by atoms with van der Waals surface area (Å²) in [6.45, 7) is 1.66. The van der Waals surface area contributed by atoms with E-state index in [1.165, 1.54) is 25.3 Å². The topological polar surface area (TPSA) is 116 Å². The lowest BCUT2D eigenvalue weighted by Crippen LogP contribution is -2.35. The second-order valence-electron chi connectivity index (χ2n) is 6.36. The Morgan fingerprint density at radius 3 is 2.46 bits per heavy atom. The Bertz CT molecular complexity index is 791. The first-order valence-electron chi connectivity index (χ1n) is 8.55. The molecule has 28 heavy (non-hydrogen) atoms. The molecule has 9 heteroatoms. The number of halogens is 2. The van der Waals surface area contributed by atoms with Gasteiger partial charge in [0.2, 0.25) is 0 Å². The van der Waals surface area contributed by atoms with Crippen LogP contribution in [-0.4, -0.2) is 57.9 Å². The largest absolute Gasteiger partial charge is 0.506 e. The summed E-state index contributed by atoms with van der Waals surface area (Å²) in [6.07, 6.45) is 1.78. The van der Waals surface area contributed by atoms with Gasteiger partial charge in [0, 0.05) is 12.0 Å². The van der Waals surface area contributed by atoms with Gasteiger partial charge < -0.3 is 29.9 Å². The van der Waals surface area contributed by atoms with Gasteiger partial charge in [0.1, 0.15) is 34.1 Å². The Labute approximate surface area is 179 Å². The number of benzene rings is 1. The summed E-state index contributed by atoms with van der Waals surface area (Å²) in [7, 11) is 1.41. The van der Waals surface area contributed by atoms with Gasteiger partial charge in [-0.1, -0.05) is 24.3 Å². The number of carbonyl (C=O) groups is 1. The van der Waals surface area contributed by atoms with Crippen LogP contribution in [0.2, 0.25) is 0 Å². The Kier molecular flexibility index (Phi) is 8.08. The minimum Gasteiger partial charge on any atom is -0.506 e. The molecule has 0 radical (unpaired) electrons. The van der Waals surface area contributed by atoms with Crippen molar-refractivity contribution in [3.05, 3.63) is 38.3 Å². The maximum atomic E-state index is 12.7. The van der Waals surface area contributed by atoms with Crippen molar-refractivity contribution < 1.29 is 34.7 Å². The third kappa shape index (κ3) is 4.96. The molecule has 2 rings (SSSR count). The van der Waals surface area contributed by atoms with E-state index in [-0.39, 0.29) is 34.4 Å². The van der Waals surface area contributed by atoms with Crippen LogP contribution >= 0.6 is 31.9 Å². The molecule has 0 spiro atoms. The van der Waals surface area contributed by atoms with E-state index in [0.717, 1.165) is 0 Å². The van der Waals surface area contributed by atoms with Crippen LogP contribution in [0.5, 0.6) is 11.5 Å². The Balaban J connectivity index is 2.59. The summed E-state index contributed by atoms with van der Waals surface area (Å²) in [5.74, 6) is -0.794. The average Bonchev–Trinajstić information content (AvgIpc) is 2.64. The van der Waals surface area contributed by atoms with Crippen molar-refractivity contribution in [2.75, 3.05) is 7.11 Å². The Morgan fingerprint density at radius 1 is 1.14 bits per heavy atom. The molecule has 1 unspecified atom stereocenters. The molecule has 1 aromatic rings. The molecule has 0 saturated heterocycles. The van der Waals surface area contributed by atoms with Gasteiger partial charge >= 0.3 is 5.97 Å². The quantitative estimate of drug-likeness (QED) is 0.331. The maximum Gasteiger partial charge on any atom is 0.342 e. The fraction of sp³-hybridized carbons (Fsp3) is 0.421. The van der Waals surface area contributed by atoms with Crippen molar-refractivity contribution in [2.24, 2.45) is 0 Å². The van der Waals surface area contributed by atoms with Crippen molar-refractivity contribution in [1.82, 2.24) is 0 Å². The zero-order valence-corrected chi connectivity index (χ0v) is 18.5. The standard InChI is InChI=1S/C19H22Br2O7/c1-9-5-3-7-11(22)16(24)12(23)8-4-6-10-13(19(26)28-9)17(25)15(21)18(27-2)14(10)20/h3-4,6-7,9,11-12,16,22-25H,5,8H2,1-2H3/b6-4+,7-3+/t9-,11-,12?,16+/m0/s1. The highest BCUT2D eigenvalue weighted by Gasteiger charge is 2.28. The lowest BCUT2D eigenvalue weighted by molar-refractivity contribution is -0.0394. The number of methoxy groups -OCH3 is 1. The molecule has 0 fully saturated rings. The van der Waals surface area contributed by atoms with Crippen molar-refractivity contribution in [3.63, 3.8) is 0 Å². The molecular formula is C19H22Br2O7. The third-order valence-electron chi connectivity index (χ3n) is 4.27. The van der Waals surface area contributed by atoms with E-state index < -0.39 is 30.4 Å². The van der Waals surface area contributed by atoms with E-state index in [2.05, 4.69) is 31.9 Å². The number of hydrogen-bond acceptors (Lipinski definition) is 7. The zero-order valence-electron chi connectivity index (χ0n) is 15.3. The van der Waals surface area contributed by atoms with E-state index in [9.17, 15) is 25.2 Å². The SMILES string of the molecule is COc1c(Br)c(O)c2c(c1Br)/C=C/CC(O)[C@H](O)[C@@H](O)/C=C/C[C@H](C)OC2=O. The van der Waals surface area contributed by atoms with Gasteiger partial charge in [-0.3, -0.25) is 0 Å². The van der Waals surface area contributed by atoms with Crippen LogP contribution in [0.4, 0.5) is 0 Å². The first-order valence-corrected chi connectivity index (χ1v) is 10.1. The number of fused-ring (bicyclic) bond motifs is 1. The zero-order chi connectivity index (χ0) is 21.0. The maximum absolute atomic E-state index is 12.7. The van der Waals surface area contributed by atoms with Gasteiger partial charge in [0.15, 0.2) is 5.75 Å². The molecule has 154 valence electrons. The Hall–Kier alpha value is -1.39. The molecule has 0 bridgehead atoms. The molecule has 0 amide bonds. The van der Waals surface area contributed by atoms with E-state index >= 15 is 0 Å². The number of carbonyl (C=O) groups excluding carboxylic acids is 1. The Morgan fingerprint density at radius 2 is 1.82 bits per heavy atom. The smallest absolute Gasteiger partial charge is 0.342 e. The number of esters is 1. The lowest BCUT2D eigenvalue weighted by atomic mass is 10.0. The van der Waals surface area contributed by atoms with Gasteiger partial charge in [-0.2, -0.15) is 0 Å². The summed E-state index contributed by atoms with van der Waals surface area (Å²) in [5, 5.41) is 40.6. The van der Waals surface area contributed by atoms with Crippen molar-refractivity contribution in [3.8, 4) is 11.5 Å². The first kappa shape index (κ1) is 22.9. The fourth-order valence-corrected chi connectivity index (χ4v) is 4.24. The molecule has 0 saturated carbocycles. The second-order valence-corrected chi connectivity index (χ2v) is 7.95. The minimum atomic E-state index is -1.38. The molecule has 1 aromatic carbocycles. The number of hydrogen-bond donors (Lipinski definition) is 4. The number of phenolic OH excluding ortho intramolecular Hbond substituents is 1. The van der Waals surface area contributed by atoms with Crippen LogP contribution in [0.1, 0.15) is 35.7 Å². The van der Waals surface area contributed by atoms with Gasteiger partial charge in [0.25, 0.3) is 0 Å². The number of ether oxygens (including phenoxy) is 2. The van der Waals surface area contributed by atoms with Gasteiger partial charge in [-0.15, -0.1) is 0 Å². The molecule has 1 aliphatic heterocycles. The summed E-state index contributed by atoms with van der Waals surface area (Å²) in [5.41, 5.74) is 0.225. The molecule has 0 aliphatic carbocycles. The highest BCUT2D eigenvalue weighted by molar-refractivity contribution is 9.11. The van der Waals surface area contributed by atoms with Crippen molar-refractivity contribution >= 4 is 43.9 Å². The average molecular weight is 522 g/mol. The van der Waals surface area contributed by atoms with Crippen LogP contribution in [-0.2, 0) is 4.74 Å². The van der Waals surface area contributed by atoms with Crippen molar-refractivity contribution in [1.29, 1.82) is 0 Å².